The van der Waals surface area contributed by atoms with Gasteiger partial charge in [-0.2, -0.15) is 0 Å². The molecule has 3 aromatic rings. The molecular weight excluding hydrogens is 412 g/mol. The molecule has 6 heteroatoms. The second kappa shape index (κ2) is 7.82. The number of nitrogens with zero attached hydrogens (tertiary/aromatic N) is 1. The first-order chi connectivity index (χ1) is 14.6. The minimum atomic E-state index is -0.532. The molecule has 0 fully saturated rings. The third-order valence-electron chi connectivity index (χ3n) is 5.55. The van der Waals surface area contributed by atoms with E-state index in [2.05, 4.69) is 5.32 Å². The van der Waals surface area contributed by atoms with Gasteiger partial charge in [0.05, 0.1) is 0 Å². The Hall–Kier alpha value is -3.18. The average Bonchev–Trinajstić information content (AvgIpc) is 2.69. The molecule has 0 saturated carbocycles. The Balaban J connectivity index is 1.90. The lowest BCUT2D eigenvalue weighted by atomic mass is 9.73. The number of carbonyl (C=O) groups excluding carboxylic acids is 2. The molecule has 0 radical (unpaired) electrons. The molecule has 5 nitrogen and oxygen atoms in total. The Morgan fingerprint density at radius 2 is 1.65 bits per heavy atom. The molecule has 4 rings (SSSR count). The van der Waals surface area contributed by atoms with Crippen molar-refractivity contribution in [2.75, 3.05) is 5.32 Å². The lowest BCUT2D eigenvalue weighted by Gasteiger charge is -2.31. The Bertz CT molecular complexity index is 1240. The van der Waals surface area contributed by atoms with Gasteiger partial charge in [-0.3, -0.25) is 19.0 Å². The first-order valence-corrected chi connectivity index (χ1v) is 10.5. The second-order valence-electron chi connectivity index (χ2n) is 8.81. The first kappa shape index (κ1) is 21.1. The van der Waals surface area contributed by atoms with E-state index in [1.807, 2.05) is 32.9 Å². The number of anilines is 1. The highest BCUT2D eigenvalue weighted by Crippen LogP contribution is 2.36. The number of benzene rings is 2. The summed E-state index contributed by atoms with van der Waals surface area (Å²) in [4.78, 5) is 39.7. The van der Waals surface area contributed by atoms with E-state index in [4.69, 9.17) is 11.6 Å². The molecule has 1 aliphatic carbocycles. The molecule has 0 bridgehead atoms. The number of nitrogens with one attached hydrogen (secondary N) is 1. The Labute approximate surface area is 185 Å². The van der Waals surface area contributed by atoms with Crippen LogP contribution in [0.5, 0.6) is 0 Å². The number of hydrogen-bond acceptors (Lipinski definition) is 3. The van der Waals surface area contributed by atoms with E-state index < -0.39 is 11.5 Å². The van der Waals surface area contributed by atoms with Gasteiger partial charge in [-0.15, -0.1) is 0 Å². The van der Waals surface area contributed by atoms with Crippen LogP contribution < -0.4 is 10.9 Å². The lowest BCUT2D eigenvalue weighted by Crippen LogP contribution is -2.37. The quantitative estimate of drug-likeness (QED) is 0.615. The summed E-state index contributed by atoms with van der Waals surface area (Å²) in [5.74, 6) is -0.594. The molecule has 1 N–H and O–H groups in total. The predicted octanol–water partition coefficient (Wildman–Crippen LogP) is 5.21. The van der Waals surface area contributed by atoms with Crippen LogP contribution in [0.25, 0.3) is 5.69 Å². The van der Waals surface area contributed by atoms with E-state index >= 15 is 0 Å². The molecule has 2 aromatic carbocycles. The van der Waals surface area contributed by atoms with Crippen molar-refractivity contribution in [2.24, 2.45) is 5.41 Å². The van der Waals surface area contributed by atoms with Gasteiger partial charge in [0.25, 0.3) is 11.5 Å². The topological polar surface area (TPSA) is 68.2 Å². The smallest absolute Gasteiger partial charge is 0.268 e. The zero-order chi connectivity index (χ0) is 22.3. The van der Waals surface area contributed by atoms with E-state index in [1.54, 1.807) is 42.6 Å². The van der Waals surface area contributed by atoms with Crippen molar-refractivity contribution in [2.45, 2.75) is 33.6 Å². The summed E-state index contributed by atoms with van der Waals surface area (Å²) >= 11 is 5.93. The maximum Gasteiger partial charge on any atom is 0.268 e. The molecule has 1 aliphatic rings. The number of pyridine rings is 1. The van der Waals surface area contributed by atoms with Crippen LogP contribution in [0.2, 0.25) is 5.02 Å². The Morgan fingerprint density at radius 1 is 1.00 bits per heavy atom. The van der Waals surface area contributed by atoms with Crippen molar-refractivity contribution >= 4 is 29.0 Å². The highest BCUT2D eigenvalue weighted by Gasteiger charge is 2.36. The predicted molar refractivity (Wildman–Crippen MR) is 123 cm³/mol. The fourth-order valence-corrected chi connectivity index (χ4v) is 4.13. The fourth-order valence-electron chi connectivity index (χ4n) is 4.00. The van der Waals surface area contributed by atoms with Gasteiger partial charge in [-0.05, 0) is 60.7 Å². The molecule has 0 spiro atoms. The van der Waals surface area contributed by atoms with E-state index in [0.29, 0.717) is 40.4 Å². The van der Waals surface area contributed by atoms with Crippen LogP contribution in [0.15, 0.2) is 59.5 Å². The standard InChI is InChI=1S/C25H23ClN2O3/c1-15-4-10-18(11-5-15)28-14-20-19(12-25(2,3)13-21(20)29)22(24(28)31)23(30)27-17-8-6-16(26)7-9-17/h4-11,14H,12-13H2,1-3H3,(H,27,30). The zero-order valence-electron chi connectivity index (χ0n) is 17.7. The van der Waals surface area contributed by atoms with Gasteiger partial charge >= 0.3 is 0 Å². The van der Waals surface area contributed by atoms with Crippen LogP contribution in [0.1, 0.15) is 52.1 Å². The minimum Gasteiger partial charge on any atom is -0.322 e. The number of aromatic nitrogens is 1. The SMILES string of the molecule is Cc1ccc(-n2cc3c(c(C(=O)Nc4ccc(Cl)cc4)c2=O)CC(C)(C)CC3=O)cc1. The number of ketones is 1. The molecule has 0 unspecified atom stereocenters. The molecular formula is C25H23ClN2O3. The molecule has 0 saturated heterocycles. The van der Waals surface area contributed by atoms with Crippen molar-refractivity contribution in [3.63, 3.8) is 0 Å². The lowest BCUT2D eigenvalue weighted by molar-refractivity contribution is 0.0910. The normalized spacial score (nSPS) is 14.8. The Morgan fingerprint density at radius 3 is 2.29 bits per heavy atom. The zero-order valence-corrected chi connectivity index (χ0v) is 18.4. The summed E-state index contributed by atoms with van der Waals surface area (Å²) in [6.07, 6.45) is 2.42. The van der Waals surface area contributed by atoms with Gasteiger partial charge in [0.1, 0.15) is 5.56 Å². The number of amides is 1. The molecule has 0 atom stereocenters. The number of hydrogen-bond donors (Lipinski definition) is 1. The largest absolute Gasteiger partial charge is 0.322 e. The monoisotopic (exact) mass is 434 g/mol. The summed E-state index contributed by atoms with van der Waals surface area (Å²) in [6.45, 7) is 5.90. The third kappa shape index (κ3) is 4.19. The molecule has 158 valence electrons. The molecule has 1 aromatic heterocycles. The number of rotatable bonds is 3. The third-order valence-corrected chi connectivity index (χ3v) is 5.81. The first-order valence-electron chi connectivity index (χ1n) is 10.1. The van der Waals surface area contributed by atoms with Gasteiger partial charge in [0.15, 0.2) is 5.78 Å². The van der Waals surface area contributed by atoms with Gasteiger partial charge in [-0.1, -0.05) is 43.1 Å². The number of fused-ring (bicyclic) bond motifs is 1. The van der Waals surface area contributed by atoms with Crippen molar-refractivity contribution < 1.29 is 9.59 Å². The van der Waals surface area contributed by atoms with Crippen LogP contribution in [0.4, 0.5) is 5.69 Å². The summed E-state index contributed by atoms with van der Waals surface area (Å²) in [6, 6.07) is 14.1. The summed E-state index contributed by atoms with van der Waals surface area (Å²) in [5.41, 5.74) is 2.36. The number of carbonyl (C=O) groups is 2. The summed E-state index contributed by atoms with van der Waals surface area (Å²) < 4.78 is 1.39. The Kier molecular flexibility index (Phi) is 5.31. The molecule has 0 aliphatic heterocycles. The van der Waals surface area contributed by atoms with Gasteiger partial charge < -0.3 is 5.32 Å². The highest BCUT2D eigenvalue weighted by molar-refractivity contribution is 6.30. The van der Waals surface area contributed by atoms with Crippen molar-refractivity contribution in [1.29, 1.82) is 0 Å². The van der Waals surface area contributed by atoms with Crippen LogP contribution in [0.3, 0.4) is 0 Å². The molecule has 1 amide bonds. The van der Waals surface area contributed by atoms with E-state index in [9.17, 15) is 14.4 Å². The number of Topliss-reactive ketones (excluding diaryl/α,β-unsaturated/α-hetero) is 1. The van der Waals surface area contributed by atoms with Gasteiger partial charge in [0, 0.05) is 34.6 Å². The van der Waals surface area contributed by atoms with Crippen molar-refractivity contribution in [3.8, 4) is 5.69 Å². The van der Waals surface area contributed by atoms with Crippen molar-refractivity contribution in [1.82, 2.24) is 4.57 Å². The summed E-state index contributed by atoms with van der Waals surface area (Å²) in [7, 11) is 0. The average molecular weight is 435 g/mol. The van der Waals surface area contributed by atoms with Gasteiger partial charge in [-0.25, -0.2) is 0 Å². The highest BCUT2D eigenvalue weighted by atomic mass is 35.5. The molecule has 1 heterocycles. The maximum absolute atomic E-state index is 13.5. The van der Waals surface area contributed by atoms with E-state index in [0.717, 1.165) is 5.56 Å². The van der Waals surface area contributed by atoms with E-state index in [1.165, 1.54) is 4.57 Å². The van der Waals surface area contributed by atoms with Crippen LogP contribution in [0, 0.1) is 12.3 Å². The fraction of sp³-hybridized carbons (Fsp3) is 0.240. The van der Waals surface area contributed by atoms with Crippen LogP contribution in [-0.2, 0) is 6.42 Å². The van der Waals surface area contributed by atoms with Gasteiger partial charge in [0.2, 0.25) is 0 Å². The summed E-state index contributed by atoms with van der Waals surface area (Å²) in [5, 5.41) is 3.33. The maximum atomic E-state index is 13.5. The van der Waals surface area contributed by atoms with E-state index in [-0.39, 0.29) is 16.8 Å². The number of aryl methyl sites for hydroxylation is 1. The second-order valence-corrected chi connectivity index (χ2v) is 9.25. The molecule has 31 heavy (non-hydrogen) atoms. The van der Waals surface area contributed by atoms with Crippen LogP contribution >= 0.6 is 11.6 Å². The van der Waals surface area contributed by atoms with Crippen LogP contribution in [-0.4, -0.2) is 16.3 Å². The minimum absolute atomic E-state index is 0.00847. The van der Waals surface area contributed by atoms with Crippen molar-refractivity contribution in [3.05, 3.63) is 92.4 Å². The number of halogens is 1.